The Balaban J connectivity index is 0. The molecule has 0 rings (SSSR count). The van der Waals surface area contributed by atoms with Gasteiger partial charge in [0.05, 0.1) is 25.0 Å². The van der Waals surface area contributed by atoms with E-state index in [0.29, 0.717) is 12.5 Å². The lowest BCUT2D eigenvalue weighted by molar-refractivity contribution is -0.120. The summed E-state index contributed by atoms with van der Waals surface area (Å²) in [5.74, 6) is -0.131. The van der Waals surface area contributed by atoms with Gasteiger partial charge >= 0.3 is 0 Å². The van der Waals surface area contributed by atoms with Crippen LogP contribution in [0, 0.1) is 5.92 Å². The number of hydrogen-bond acceptors (Lipinski definition) is 5. The molecular formula is C13H30ClN3O4S. The molecule has 0 aliphatic rings. The highest BCUT2D eigenvalue weighted by atomic mass is 35.5. The molecule has 0 spiro atoms. The van der Waals surface area contributed by atoms with Gasteiger partial charge in [0.2, 0.25) is 15.9 Å². The molecule has 0 heterocycles. The SMILES string of the molecule is CC(C)CC(CN)NC(=O)CNS(=O)(=O)CCOC(C)C.Cl. The van der Waals surface area contributed by atoms with Crippen molar-refractivity contribution in [1.82, 2.24) is 10.0 Å². The molecule has 1 atom stereocenters. The zero-order chi connectivity index (χ0) is 16.5. The van der Waals surface area contributed by atoms with E-state index in [1.807, 2.05) is 27.7 Å². The first-order valence-corrected chi connectivity index (χ1v) is 8.90. The van der Waals surface area contributed by atoms with Crippen molar-refractivity contribution < 1.29 is 17.9 Å². The average molecular weight is 360 g/mol. The van der Waals surface area contributed by atoms with Crippen molar-refractivity contribution >= 4 is 28.3 Å². The first kappa shape index (κ1) is 23.9. The second-order valence-electron chi connectivity index (χ2n) is 5.69. The Morgan fingerprint density at radius 2 is 1.82 bits per heavy atom. The summed E-state index contributed by atoms with van der Waals surface area (Å²) in [6, 6.07) is -0.133. The number of hydrogen-bond donors (Lipinski definition) is 3. The number of nitrogens with two attached hydrogens (primary N) is 1. The molecule has 7 nitrogen and oxygen atoms in total. The monoisotopic (exact) mass is 359 g/mol. The molecule has 0 aliphatic carbocycles. The molecule has 22 heavy (non-hydrogen) atoms. The molecule has 1 amide bonds. The normalized spacial score (nSPS) is 13.0. The molecule has 1 unspecified atom stereocenters. The predicted octanol–water partition coefficient (Wildman–Crippen LogP) is 0.242. The van der Waals surface area contributed by atoms with Gasteiger partial charge in [-0.2, -0.15) is 0 Å². The van der Waals surface area contributed by atoms with Crippen LogP contribution in [0.15, 0.2) is 0 Å². The number of nitrogens with one attached hydrogen (secondary N) is 2. The highest BCUT2D eigenvalue weighted by Crippen LogP contribution is 2.03. The van der Waals surface area contributed by atoms with E-state index in [9.17, 15) is 13.2 Å². The van der Waals surface area contributed by atoms with Crippen LogP contribution in [0.3, 0.4) is 0 Å². The second-order valence-corrected chi connectivity index (χ2v) is 7.62. The Kier molecular flexibility index (Phi) is 13.1. The van der Waals surface area contributed by atoms with Crippen LogP contribution in [0.2, 0.25) is 0 Å². The molecule has 4 N–H and O–H groups in total. The van der Waals surface area contributed by atoms with E-state index in [0.717, 1.165) is 6.42 Å². The van der Waals surface area contributed by atoms with Crippen molar-refractivity contribution in [1.29, 1.82) is 0 Å². The molecule has 0 fully saturated rings. The number of amides is 1. The summed E-state index contributed by atoms with van der Waals surface area (Å²) in [4.78, 5) is 11.7. The van der Waals surface area contributed by atoms with Crippen LogP contribution in [0.4, 0.5) is 0 Å². The molecule has 0 aromatic carbocycles. The predicted molar refractivity (Wildman–Crippen MR) is 90.6 cm³/mol. The number of rotatable bonds is 11. The van der Waals surface area contributed by atoms with E-state index in [2.05, 4.69) is 10.0 Å². The van der Waals surface area contributed by atoms with E-state index in [1.165, 1.54) is 0 Å². The Labute approximate surface area is 140 Å². The smallest absolute Gasteiger partial charge is 0.235 e. The van der Waals surface area contributed by atoms with E-state index in [-0.39, 0.29) is 49.4 Å². The zero-order valence-electron chi connectivity index (χ0n) is 13.8. The molecular weight excluding hydrogens is 330 g/mol. The van der Waals surface area contributed by atoms with Gasteiger partial charge in [0, 0.05) is 12.6 Å². The molecule has 0 aromatic rings. The molecule has 0 saturated heterocycles. The summed E-state index contributed by atoms with van der Waals surface area (Å²) in [5.41, 5.74) is 5.58. The minimum absolute atomic E-state index is 0. The third kappa shape index (κ3) is 13.3. The van der Waals surface area contributed by atoms with Crippen molar-refractivity contribution in [3.63, 3.8) is 0 Å². The Morgan fingerprint density at radius 3 is 2.27 bits per heavy atom. The maximum Gasteiger partial charge on any atom is 0.235 e. The summed E-state index contributed by atoms with van der Waals surface area (Å²) in [6.07, 6.45) is 0.738. The van der Waals surface area contributed by atoms with Crippen LogP contribution in [0.1, 0.15) is 34.1 Å². The summed E-state index contributed by atoms with van der Waals surface area (Å²) in [7, 11) is -3.50. The number of carbonyl (C=O) groups excluding carboxylic acids is 1. The lowest BCUT2D eigenvalue weighted by Crippen LogP contribution is -2.46. The van der Waals surface area contributed by atoms with Gasteiger partial charge in [-0.25, -0.2) is 13.1 Å². The third-order valence-electron chi connectivity index (χ3n) is 2.66. The summed E-state index contributed by atoms with van der Waals surface area (Å²) in [6.45, 7) is 7.88. The van der Waals surface area contributed by atoms with Crippen LogP contribution in [0.25, 0.3) is 0 Å². The van der Waals surface area contributed by atoms with Gasteiger partial charge in [-0.1, -0.05) is 13.8 Å². The molecule has 134 valence electrons. The van der Waals surface area contributed by atoms with Crippen molar-refractivity contribution in [3.05, 3.63) is 0 Å². The fourth-order valence-corrected chi connectivity index (χ4v) is 2.51. The van der Waals surface area contributed by atoms with Crippen molar-refractivity contribution in [2.45, 2.75) is 46.3 Å². The van der Waals surface area contributed by atoms with Crippen LogP contribution < -0.4 is 15.8 Å². The minimum atomic E-state index is -3.50. The van der Waals surface area contributed by atoms with Gasteiger partial charge in [-0.15, -0.1) is 12.4 Å². The van der Waals surface area contributed by atoms with Crippen LogP contribution >= 0.6 is 12.4 Å². The fraction of sp³-hybridized carbons (Fsp3) is 0.923. The van der Waals surface area contributed by atoms with Gasteiger partial charge in [0.1, 0.15) is 0 Å². The minimum Gasteiger partial charge on any atom is -0.378 e. The molecule has 0 aliphatic heterocycles. The van der Waals surface area contributed by atoms with Gasteiger partial charge in [-0.05, 0) is 26.2 Å². The maximum atomic E-state index is 11.7. The summed E-state index contributed by atoms with van der Waals surface area (Å²) < 4.78 is 30.7. The topological polar surface area (TPSA) is 111 Å². The zero-order valence-corrected chi connectivity index (χ0v) is 15.4. The Morgan fingerprint density at radius 1 is 1.23 bits per heavy atom. The molecule has 0 radical (unpaired) electrons. The lowest BCUT2D eigenvalue weighted by Gasteiger charge is -2.19. The largest absolute Gasteiger partial charge is 0.378 e. The summed E-state index contributed by atoms with van der Waals surface area (Å²) in [5, 5.41) is 2.72. The average Bonchev–Trinajstić information content (AvgIpc) is 2.34. The highest BCUT2D eigenvalue weighted by molar-refractivity contribution is 7.89. The van der Waals surface area contributed by atoms with Crippen molar-refractivity contribution in [3.8, 4) is 0 Å². The molecule has 0 aromatic heterocycles. The van der Waals surface area contributed by atoms with E-state index in [1.54, 1.807) is 0 Å². The molecule has 0 saturated carbocycles. The Bertz CT molecular complexity index is 402. The second kappa shape index (κ2) is 12.1. The Hall–Kier alpha value is -0.410. The van der Waals surface area contributed by atoms with Crippen molar-refractivity contribution in [2.75, 3.05) is 25.4 Å². The standard InChI is InChI=1S/C13H29N3O4S.ClH/c1-10(2)7-12(8-14)16-13(17)9-15-21(18,19)6-5-20-11(3)4;/h10-12,15H,5-9,14H2,1-4H3,(H,16,17);1H. The van der Waals surface area contributed by atoms with Gasteiger partial charge in [0.25, 0.3) is 0 Å². The maximum absolute atomic E-state index is 11.7. The van der Waals surface area contributed by atoms with E-state index in [4.69, 9.17) is 10.5 Å². The van der Waals surface area contributed by atoms with Gasteiger partial charge < -0.3 is 15.8 Å². The first-order chi connectivity index (χ1) is 9.66. The summed E-state index contributed by atoms with van der Waals surface area (Å²) >= 11 is 0. The van der Waals surface area contributed by atoms with Crippen LogP contribution in [0.5, 0.6) is 0 Å². The van der Waals surface area contributed by atoms with Crippen LogP contribution in [-0.2, 0) is 19.6 Å². The molecule has 9 heteroatoms. The highest BCUT2D eigenvalue weighted by Gasteiger charge is 2.16. The third-order valence-corrected chi connectivity index (χ3v) is 3.95. The van der Waals surface area contributed by atoms with E-state index >= 15 is 0 Å². The molecule has 0 bridgehead atoms. The van der Waals surface area contributed by atoms with Crippen LogP contribution in [-0.4, -0.2) is 51.9 Å². The van der Waals surface area contributed by atoms with Crippen molar-refractivity contribution in [2.24, 2.45) is 11.7 Å². The fourth-order valence-electron chi connectivity index (χ4n) is 1.70. The van der Waals surface area contributed by atoms with Gasteiger partial charge in [-0.3, -0.25) is 4.79 Å². The first-order valence-electron chi connectivity index (χ1n) is 7.24. The number of halogens is 1. The number of ether oxygens (including phenoxy) is 1. The number of carbonyl (C=O) groups is 1. The van der Waals surface area contributed by atoms with E-state index < -0.39 is 10.0 Å². The lowest BCUT2D eigenvalue weighted by atomic mass is 10.0. The quantitative estimate of drug-likeness (QED) is 0.489. The number of sulfonamides is 1. The van der Waals surface area contributed by atoms with Gasteiger partial charge in [0.15, 0.2) is 0 Å².